The van der Waals surface area contributed by atoms with Crippen LogP contribution < -0.4 is 15.4 Å². The van der Waals surface area contributed by atoms with E-state index in [0.29, 0.717) is 32.1 Å². The highest BCUT2D eigenvalue weighted by Gasteiger charge is 2.12. The number of carbonyl (C=O) groups is 1. The number of aryl methyl sites for hydroxylation is 1. The number of rotatable bonds is 3. The Hall–Kier alpha value is -1.83. The largest absolute Gasteiger partial charge is 0.506 e. The Morgan fingerprint density at radius 2 is 2.04 bits per heavy atom. The lowest BCUT2D eigenvalue weighted by molar-refractivity contribution is 0.0977. The molecule has 2 aromatic rings. The van der Waals surface area contributed by atoms with Crippen LogP contribution >= 0.6 is 39.7 Å². The number of thiocarbonyl (C=S) groups is 1. The molecular formula is C16H14BrClN2O3S. The molecule has 0 saturated heterocycles. The third kappa shape index (κ3) is 4.37. The van der Waals surface area contributed by atoms with Crippen molar-refractivity contribution in [1.82, 2.24) is 5.32 Å². The maximum atomic E-state index is 12.2. The Balaban J connectivity index is 2.07. The Morgan fingerprint density at radius 3 is 2.62 bits per heavy atom. The Morgan fingerprint density at radius 1 is 1.33 bits per heavy atom. The fraction of sp³-hybridized carbons (Fsp3) is 0.125. The highest BCUT2D eigenvalue weighted by molar-refractivity contribution is 9.10. The van der Waals surface area contributed by atoms with Crippen LogP contribution in [0.4, 0.5) is 5.69 Å². The van der Waals surface area contributed by atoms with E-state index in [-0.39, 0.29) is 10.9 Å². The minimum Gasteiger partial charge on any atom is -0.506 e. The number of phenols is 1. The SMILES string of the molecule is COc1ccc(C(=O)NC(=S)Nc2cc(C)c(O)c(Br)c2)cc1Cl. The van der Waals surface area contributed by atoms with Crippen LogP contribution in [-0.2, 0) is 0 Å². The lowest BCUT2D eigenvalue weighted by Crippen LogP contribution is -2.34. The van der Waals surface area contributed by atoms with Crippen molar-refractivity contribution in [3.8, 4) is 11.5 Å². The molecule has 5 nitrogen and oxygen atoms in total. The summed E-state index contributed by atoms with van der Waals surface area (Å²) in [5, 5.41) is 15.6. The number of benzene rings is 2. The van der Waals surface area contributed by atoms with Crippen molar-refractivity contribution in [3.63, 3.8) is 0 Å². The summed E-state index contributed by atoms with van der Waals surface area (Å²) in [4.78, 5) is 12.2. The normalized spacial score (nSPS) is 10.2. The van der Waals surface area contributed by atoms with Crippen LogP contribution in [0.3, 0.4) is 0 Å². The molecule has 126 valence electrons. The molecule has 0 unspecified atom stereocenters. The van der Waals surface area contributed by atoms with E-state index in [2.05, 4.69) is 26.6 Å². The fourth-order valence-electron chi connectivity index (χ4n) is 1.95. The van der Waals surface area contributed by atoms with Crippen molar-refractivity contribution < 1.29 is 14.6 Å². The van der Waals surface area contributed by atoms with Crippen molar-refractivity contribution in [1.29, 1.82) is 0 Å². The highest BCUT2D eigenvalue weighted by atomic mass is 79.9. The predicted molar refractivity (Wildman–Crippen MR) is 102 cm³/mol. The zero-order valence-corrected chi connectivity index (χ0v) is 16.0. The van der Waals surface area contributed by atoms with E-state index in [4.69, 9.17) is 28.6 Å². The van der Waals surface area contributed by atoms with Gasteiger partial charge in [0.1, 0.15) is 11.5 Å². The van der Waals surface area contributed by atoms with Crippen LogP contribution in [0.2, 0.25) is 5.02 Å². The molecule has 0 fully saturated rings. The molecule has 0 aliphatic carbocycles. The van der Waals surface area contributed by atoms with Crippen LogP contribution in [0.5, 0.6) is 11.5 Å². The fourth-order valence-corrected chi connectivity index (χ4v) is 2.98. The first-order valence-corrected chi connectivity index (χ1v) is 8.34. The average molecular weight is 430 g/mol. The monoisotopic (exact) mass is 428 g/mol. The lowest BCUT2D eigenvalue weighted by Gasteiger charge is -2.12. The van der Waals surface area contributed by atoms with Crippen LogP contribution in [0.25, 0.3) is 0 Å². The van der Waals surface area contributed by atoms with E-state index in [1.165, 1.54) is 13.2 Å². The zero-order valence-electron chi connectivity index (χ0n) is 12.8. The standard InChI is InChI=1S/C16H14BrClN2O3S/c1-8-5-10(7-11(17)14(8)21)19-16(24)20-15(22)9-3-4-13(23-2)12(18)6-9/h3-7,21H,1-2H3,(H2,19,20,22,24). The van der Waals surface area contributed by atoms with Crippen molar-refractivity contribution in [2.75, 3.05) is 12.4 Å². The number of hydrogen-bond acceptors (Lipinski definition) is 4. The molecule has 0 spiro atoms. The molecule has 0 aliphatic heterocycles. The summed E-state index contributed by atoms with van der Waals surface area (Å²) in [5.41, 5.74) is 1.66. The number of anilines is 1. The van der Waals surface area contributed by atoms with E-state index in [1.807, 2.05) is 0 Å². The van der Waals surface area contributed by atoms with Crippen LogP contribution in [0.15, 0.2) is 34.8 Å². The third-order valence-electron chi connectivity index (χ3n) is 3.15. The molecule has 0 aliphatic rings. The predicted octanol–water partition coefficient (Wildman–Crippen LogP) is 4.25. The minimum atomic E-state index is -0.397. The smallest absolute Gasteiger partial charge is 0.257 e. The third-order valence-corrected chi connectivity index (χ3v) is 4.26. The van der Waals surface area contributed by atoms with Gasteiger partial charge in [0.25, 0.3) is 5.91 Å². The van der Waals surface area contributed by atoms with Crippen molar-refractivity contribution in [3.05, 3.63) is 51.0 Å². The Kier molecular flexibility index (Phi) is 6.04. The molecule has 0 heterocycles. The van der Waals surface area contributed by atoms with Gasteiger partial charge in [0, 0.05) is 11.3 Å². The van der Waals surface area contributed by atoms with Crippen molar-refractivity contribution in [2.24, 2.45) is 0 Å². The van der Waals surface area contributed by atoms with E-state index < -0.39 is 5.91 Å². The van der Waals surface area contributed by atoms with Gasteiger partial charge < -0.3 is 15.2 Å². The second-order valence-corrected chi connectivity index (χ2v) is 6.55. The highest BCUT2D eigenvalue weighted by Crippen LogP contribution is 2.31. The summed E-state index contributed by atoms with van der Waals surface area (Å²) >= 11 is 14.4. The number of carbonyl (C=O) groups excluding carboxylic acids is 1. The van der Waals surface area contributed by atoms with Gasteiger partial charge >= 0.3 is 0 Å². The number of halogens is 2. The first-order valence-electron chi connectivity index (χ1n) is 6.76. The van der Waals surface area contributed by atoms with E-state index in [0.717, 1.165) is 0 Å². The molecule has 3 N–H and O–H groups in total. The van der Waals surface area contributed by atoms with Crippen molar-refractivity contribution >= 4 is 56.5 Å². The summed E-state index contributed by atoms with van der Waals surface area (Å²) < 4.78 is 5.57. The summed E-state index contributed by atoms with van der Waals surface area (Å²) in [6.07, 6.45) is 0. The van der Waals surface area contributed by atoms with Gasteiger partial charge in [-0.25, -0.2) is 0 Å². The van der Waals surface area contributed by atoms with Gasteiger partial charge in [-0.3, -0.25) is 10.1 Å². The second kappa shape index (κ2) is 7.83. The molecule has 2 aromatic carbocycles. The topological polar surface area (TPSA) is 70.6 Å². The molecule has 0 atom stereocenters. The van der Waals surface area contributed by atoms with Gasteiger partial charge in [0.15, 0.2) is 5.11 Å². The van der Waals surface area contributed by atoms with Crippen LogP contribution in [-0.4, -0.2) is 23.2 Å². The number of ether oxygens (including phenoxy) is 1. The summed E-state index contributed by atoms with van der Waals surface area (Å²) in [5.74, 6) is 0.244. The van der Waals surface area contributed by atoms with Gasteiger partial charge in [-0.2, -0.15) is 0 Å². The second-order valence-electron chi connectivity index (χ2n) is 4.88. The maximum Gasteiger partial charge on any atom is 0.257 e. The Labute approximate surface area is 158 Å². The zero-order chi connectivity index (χ0) is 17.9. The van der Waals surface area contributed by atoms with Gasteiger partial charge in [-0.1, -0.05) is 11.6 Å². The number of aromatic hydroxyl groups is 1. The molecule has 8 heteroatoms. The number of hydrogen-bond donors (Lipinski definition) is 3. The van der Waals surface area contributed by atoms with Crippen LogP contribution in [0.1, 0.15) is 15.9 Å². The number of phenolic OH excluding ortho intramolecular Hbond substituents is 1. The minimum absolute atomic E-state index is 0.129. The number of nitrogens with one attached hydrogen (secondary N) is 2. The molecule has 2 rings (SSSR count). The lowest BCUT2D eigenvalue weighted by atomic mass is 10.2. The molecule has 1 amide bonds. The first-order chi connectivity index (χ1) is 11.3. The number of amides is 1. The summed E-state index contributed by atoms with van der Waals surface area (Å²) in [6, 6.07) is 8.06. The molecule has 0 radical (unpaired) electrons. The van der Waals surface area contributed by atoms with Crippen molar-refractivity contribution in [2.45, 2.75) is 6.92 Å². The number of methoxy groups -OCH3 is 1. The maximum absolute atomic E-state index is 12.2. The summed E-state index contributed by atoms with van der Waals surface area (Å²) in [7, 11) is 1.50. The average Bonchev–Trinajstić information content (AvgIpc) is 2.52. The quantitative estimate of drug-likeness (QED) is 0.502. The summed E-state index contributed by atoms with van der Waals surface area (Å²) in [6.45, 7) is 1.76. The van der Waals surface area contributed by atoms with Gasteiger partial charge in [-0.05, 0) is 71.0 Å². The molecular weight excluding hydrogens is 416 g/mol. The van der Waals surface area contributed by atoms with E-state index >= 15 is 0 Å². The first kappa shape index (κ1) is 18.5. The van der Waals surface area contributed by atoms with Gasteiger partial charge in [0.2, 0.25) is 0 Å². The van der Waals surface area contributed by atoms with E-state index in [9.17, 15) is 9.90 Å². The van der Waals surface area contributed by atoms with Gasteiger partial charge in [-0.15, -0.1) is 0 Å². The molecule has 0 aromatic heterocycles. The van der Waals surface area contributed by atoms with E-state index in [1.54, 1.807) is 31.2 Å². The molecule has 0 saturated carbocycles. The molecule has 0 bridgehead atoms. The van der Waals surface area contributed by atoms with Gasteiger partial charge in [0.05, 0.1) is 16.6 Å². The Bertz CT molecular complexity index is 791. The molecule has 24 heavy (non-hydrogen) atoms. The van der Waals surface area contributed by atoms with Crippen LogP contribution in [0, 0.1) is 6.92 Å².